The Morgan fingerprint density at radius 2 is 1.92 bits per heavy atom. The number of aromatic nitrogens is 2. The zero-order valence-corrected chi connectivity index (χ0v) is 11.6. The van der Waals surface area contributed by atoms with Crippen LogP contribution >= 0.6 is 0 Å². The van der Waals surface area contributed by atoms with Gasteiger partial charge in [0, 0.05) is 38.5 Å². The summed E-state index contributed by atoms with van der Waals surface area (Å²) in [5.41, 5.74) is 0. The molecule has 73 valence electrons. The zero-order chi connectivity index (χ0) is 9.40. The fourth-order valence-corrected chi connectivity index (χ4v) is 0.492. The van der Waals surface area contributed by atoms with E-state index < -0.39 is 0 Å². The smallest absolute Gasteiger partial charge is 0.0687 e. The molecule has 0 bridgehead atoms. The molecule has 0 spiro atoms. The fraction of sp³-hybridized carbons (Fsp3) is 0.667. The van der Waals surface area contributed by atoms with Gasteiger partial charge in [0.2, 0.25) is 0 Å². The maximum absolute atomic E-state index is 4.38. The van der Waals surface area contributed by atoms with Crippen LogP contribution in [-0.4, -0.2) is 10.1 Å². The molecule has 0 saturated heterocycles. The maximum Gasteiger partial charge on any atom is 0.0687 e. The normalized spacial score (nSPS) is 8.69. The van der Waals surface area contributed by atoms with Crippen molar-refractivity contribution in [2.45, 2.75) is 40.5 Å². The number of nitrogens with zero attached hydrogens (tertiary/aromatic N) is 2. The quantitative estimate of drug-likeness (QED) is 0.764. The third-order valence-corrected chi connectivity index (χ3v) is 0.840. The molecule has 0 saturated carbocycles. The molecule has 1 aromatic heterocycles. The largest absolute Gasteiger partial charge is 0.459 e. The number of hydrogen-bond acceptors (Lipinski definition) is 3. The van der Waals surface area contributed by atoms with E-state index in [0.29, 0.717) is 0 Å². The van der Waals surface area contributed by atoms with Gasteiger partial charge in [-0.2, -0.15) is 25.9 Å². The molecule has 0 aliphatic carbocycles. The van der Waals surface area contributed by atoms with E-state index in [2.05, 4.69) is 48.8 Å². The average Bonchev–Trinajstić information content (AvgIpc) is 2.39. The third-order valence-electron chi connectivity index (χ3n) is 0.840. The first-order valence-corrected chi connectivity index (χ1v) is 4.12. The van der Waals surface area contributed by atoms with Gasteiger partial charge in [0.25, 0.3) is 0 Å². The number of hydrogen-bond donors (Lipinski definition) is 0. The van der Waals surface area contributed by atoms with Crippen LogP contribution in [0.1, 0.15) is 39.9 Å². The van der Waals surface area contributed by atoms with Gasteiger partial charge in [-0.25, -0.2) is 0 Å². The number of rotatable bonds is 2. The summed E-state index contributed by atoms with van der Waals surface area (Å²) in [4.78, 5) is 3.70. The summed E-state index contributed by atoms with van der Waals surface area (Å²) in [7, 11) is 0. The van der Waals surface area contributed by atoms with Crippen LogP contribution in [0.3, 0.4) is 0 Å². The minimum atomic E-state index is 0. The van der Waals surface area contributed by atoms with Gasteiger partial charge >= 0.3 is 0 Å². The van der Waals surface area contributed by atoms with E-state index in [0.717, 1.165) is 18.7 Å². The van der Waals surface area contributed by atoms with Crippen molar-refractivity contribution in [3.8, 4) is 0 Å². The van der Waals surface area contributed by atoms with Gasteiger partial charge in [0.15, 0.2) is 0 Å². The van der Waals surface area contributed by atoms with E-state index in [1.54, 1.807) is 0 Å². The minimum Gasteiger partial charge on any atom is -0.459 e. The molecule has 0 atom stereocenters. The van der Waals surface area contributed by atoms with Crippen molar-refractivity contribution in [1.82, 2.24) is 10.1 Å². The molecule has 1 radical (unpaired) electrons. The Kier molecular flexibility index (Phi) is 12.5. The van der Waals surface area contributed by atoms with Crippen LogP contribution in [0.2, 0.25) is 0 Å². The Balaban J connectivity index is 0. The first-order chi connectivity index (χ1) is 5.66. The van der Waals surface area contributed by atoms with Crippen molar-refractivity contribution in [2.24, 2.45) is 0 Å². The van der Waals surface area contributed by atoms with Crippen molar-refractivity contribution in [3.63, 3.8) is 0 Å². The van der Waals surface area contributed by atoms with E-state index >= 15 is 0 Å². The minimum absolute atomic E-state index is 0. The van der Waals surface area contributed by atoms with E-state index in [1.807, 2.05) is 0 Å². The predicted octanol–water partition coefficient (Wildman–Crippen LogP) is 2.44. The molecule has 3 nitrogen and oxygen atoms in total. The van der Waals surface area contributed by atoms with Gasteiger partial charge in [-0.3, -0.25) is 0 Å². The molecular weight excluding hydrogens is 241 g/mol. The van der Waals surface area contributed by atoms with Crippen LogP contribution in [0.4, 0.5) is 0 Å². The molecular formula is C9H16N2OY-2. The fourth-order valence-electron chi connectivity index (χ4n) is 0.492. The molecule has 1 aromatic rings. The van der Waals surface area contributed by atoms with Crippen molar-refractivity contribution < 1.29 is 37.2 Å². The van der Waals surface area contributed by atoms with Crippen LogP contribution < -0.4 is 0 Å². The summed E-state index contributed by atoms with van der Waals surface area (Å²) in [5, 5.41) is 3.56. The summed E-state index contributed by atoms with van der Waals surface area (Å²) in [6.07, 6.45) is 4.21. The van der Waals surface area contributed by atoms with Crippen LogP contribution in [0.5, 0.6) is 0 Å². The summed E-state index contributed by atoms with van der Waals surface area (Å²) in [6.45, 7) is 8.32. The average molecular weight is 257 g/mol. The second kappa shape index (κ2) is 10.3. The molecule has 0 aliphatic rings. The molecule has 0 N–H and O–H groups in total. The van der Waals surface area contributed by atoms with Crippen molar-refractivity contribution >= 4 is 0 Å². The van der Waals surface area contributed by atoms with Crippen molar-refractivity contribution in [2.75, 3.05) is 0 Å². The van der Waals surface area contributed by atoms with Crippen LogP contribution in [-0.2, 0) is 39.1 Å². The Morgan fingerprint density at radius 3 is 2.23 bits per heavy atom. The van der Waals surface area contributed by atoms with E-state index in [4.69, 9.17) is 0 Å². The predicted molar refractivity (Wildman–Crippen MR) is 47.4 cm³/mol. The van der Waals surface area contributed by atoms with Gasteiger partial charge in [0.1, 0.15) is 0 Å². The maximum atomic E-state index is 4.38. The zero-order valence-electron chi connectivity index (χ0n) is 8.79. The molecule has 0 amide bonds. The van der Waals surface area contributed by atoms with Crippen molar-refractivity contribution in [1.29, 1.82) is 0 Å². The molecule has 0 aromatic carbocycles. The van der Waals surface area contributed by atoms with Gasteiger partial charge in [-0.15, -0.1) is 0 Å². The summed E-state index contributed by atoms with van der Waals surface area (Å²) >= 11 is 0. The van der Waals surface area contributed by atoms with Crippen LogP contribution in [0, 0.1) is 12.3 Å². The molecule has 1 heterocycles. The molecule has 13 heavy (non-hydrogen) atoms. The molecule has 0 aliphatic heterocycles. The van der Waals surface area contributed by atoms with E-state index in [9.17, 15) is 0 Å². The van der Waals surface area contributed by atoms with Gasteiger partial charge in [0.05, 0.1) is 6.39 Å². The van der Waals surface area contributed by atoms with Gasteiger partial charge in [-0.05, 0) is 0 Å². The number of aryl methyl sites for hydroxylation is 1. The van der Waals surface area contributed by atoms with E-state index in [1.165, 1.54) is 5.92 Å². The molecule has 0 unspecified atom stereocenters. The first kappa shape index (κ1) is 15.7. The second-order valence-electron chi connectivity index (χ2n) is 3.05. The Bertz CT molecular complexity index is 173. The van der Waals surface area contributed by atoms with Crippen molar-refractivity contribution in [3.05, 3.63) is 18.1 Å². The van der Waals surface area contributed by atoms with Crippen LogP contribution in [0.15, 0.2) is 4.52 Å². The summed E-state index contributed by atoms with van der Waals surface area (Å²) < 4.78 is 4.38. The standard InChI is InChI=1S/C5H7N2O.C4H9.Y/c1-2-3-5-6-4-8-7-5;1-4(2)3;/h2-3H2,1H3;1-3H3;/q2*-1;. The third kappa shape index (κ3) is 12.2. The Labute approximate surface area is 106 Å². The Morgan fingerprint density at radius 1 is 1.38 bits per heavy atom. The topological polar surface area (TPSA) is 38.9 Å². The molecule has 1 rings (SSSR count). The summed E-state index contributed by atoms with van der Waals surface area (Å²) in [5.74, 6) is 2.16. The Hall–Kier alpha value is 0.244. The SMILES string of the molecule is CCCc1n[c-]on1.C[C-](C)C.[Y]. The monoisotopic (exact) mass is 257 g/mol. The molecule has 4 heteroatoms. The van der Waals surface area contributed by atoms with Gasteiger partial charge < -0.3 is 15.4 Å². The molecule has 0 fully saturated rings. The second-order valence-corrected chi connectivity index (χ2v) is 3.05. The van der Waals surface area contributed by atoms with E-state index in [-0.39, 0.29) is 32.7 Å². The van der Waals surface area contributed by atoms with Gasteiger partial charge in [-0.1, -0.05) is 19.8 Å². The first-order valence-electron chi connectivity index (χ1n) is 4.12. The summed E-state index contributed by atoms with van der Waals surface area (Å²) in [6, 6.07) is 0. The van der Waals surface area contributed by atoms with Crippen LogP contribution in [0.25, 0.3) is 0 Å².